The summed E-state index contributed by atoms with van der Waals surface area (Å²) in [5.74, 6) is 3.30. The first-order valence-corrected chi connectivity index (χ1v) is 7.15. The first-order valence-electron chi connectivity index (χ1n) is 4.71. The molecule has 1 unspecified atom stereocenters. The van der Waals surface area contributed by atoms with Gasteiger partial charge in [-0.1, -0.05) is 36.2 Å². The van der Waals surface area contributed by atoms with Gasteiger partial charge in [0, 0.05) is 11.6 Å². The van der Waals surface area contributed by atoms with E-state index in [-0.39, 0.29) is 0 Å². The van der Waals surface area contributed by atoms with Crippen molar-refractivity contribution in [1.29, 1.82) is 0 Å². The second-order valence-electron chi connectivity index (χ2n) is 3.52. The number of hydrogen-bond donors (Lipinski definition) is 0. The molecule has 0 saturated carbocycles. The Bertz CT molecular complexity index is 315. The summed E-state index contributed by atoms with van der Waals surface area (Å²) in [7, 11) is 0. The second-order valence-corrected chi connectivity index (χ2v) is 5.68. The van der Waals surface area contributed by atoms with Gasteiger partial charge in [0.2, 0.25) is 0 Å². The quantitative estimate of drug-likeness (QED) is 0.677. The van der Waals surface area contributed by atoms with Crippen LogP contribution in [-0.4, -0.2) is 11.6 Å². The van der Waals surface area contributed by atoms with E-state index in [9.17, 15) is 0 Å². The van der Waals surface area contributed by atoms with Crippen molar-refractivity contribution in [3.05, 3.63) is 33.8 Å². The Balaban J connectivity index is 2.41. The summed E-state index contributed by atoms with van der Waals surface area (Å²) in [5.41, 5.74) is 1.20. The van der Waals surface area contributed by atoms with Crippen molar-refractivity contribution in [2.45, 2.75) is 12.7 Å². The van der Waals surface area contributed by atoms with Crippen molar-refractivity contribution in [2.75, 3.05) is 11.6 Å². The lowest BCUT2D eigenvalue weighted by Crippen LogP contribution is -1.99. The maximum Gasteiger partial charge on any atom is 0.0595 e. The van der Waals surface area contributed by atoms with Gasteiger partial charge in [-0.25, -0.2) is 0 Å². The van der Waals surface area contributed by atoms with Crippen LogP contribution in [0.2, 0.25) is 10.0 Å². The van der Waals surface area contributed by atoms with Gasteiger partial charge in [0.25, 0.3) is 0 Å². The van der Waals surface area contributed by atoms with Crippen LogP contribution in [0.3, 0.4) is 0 Å². The summed E-state index contributed by atoms with van der Waals surface area (Å²) >= 11 is 19.3. The predicted octanol–water partition coefficient (Wildman–Crippen LogP) is 5.10. The maximum atomic E-state index is 5.92. The van der Waals surface area contributed by atoms with Crippen molar-refractivity contribution in [1.82, 2.24) is 0 Å². The van der Waals surface area contributed by atoms with Crippen molar-refractivity contribution < 1.29 is 0 Å². The Hall–Kier alpha value is 0.440. The molecule has 1 aromatic rings. The van der Waals surface area contributed by atoms with Crippen LogP contribution < -0.4 is 0 Å². The van der Waals surface area contributed by atoms with Crippen LogP contribution in [-0.2, 0) is 5.75 Å². The van der Waals surface area contributed by atoms with Crippen LogP contribution in [0.5, 0.6) is 0 Å². The van der Waals surface area contributed by atoms with Crippen LogP contribution in [0.15, 0.2) is 18.2 Å². The van der Waals surface area contributed by atoms with Gasteiger partial charge in [0.05, 0.1) is 10.0 Å². The zero-order chi connectivity index (χ0) is 11.3. The van der Waals surface area contributed by atoms with Crippen molar-refractivity contribution in [2.24, 2.45) is 5.92 Å². The molecule has 1 aromatic carbocycles. The van der Waals surface area contributed by atoms with Gasteiger partial charge in [-0.3, -0.25) is 0 Å². The van der Waals surface area contributed by atoms with E-state index in [1.807, 2.05) is 30.0 Å². The van der Waals surface area contributed by atoms with Crippen LogP contribution >= 0.6 is 46.6 Å². The highest BCUT2D eigenvalue weighted by atomic mass is 35.5. The van der Waals surface area contributed by atoms with E-state index in [1.165, 1.54) is 5.56 Å². The van der Waals surface area contributed by atoms with E-state index in [4.69, 9.17) is 34.8 Å². The first-order chi connectivity index (χ1) is 7.13. The summed E-state index contributed by atoms with van der Waals surface area (Å²) < 4.78 is 0. The van der Waals surface area contributed by atoms with Gasteiger partial charge in [0.15, 0.2) is 0 Å². The van der Waals surface area contributed by atoms with Crippen molar-refractivity contribution in [3.63, 3.8) is 0 Å². The van der Waals surface area contributed by atoms with Gasteiger partial charge < -0.3 is 0 Å². The van der Waals surface area contributed by atoms with Gasteiger partial charge in [-0.15, -0.1) is 11.6 Å². The fraction of sp³-hybridized carbons (Fsp3) is 0.455. The lowest BCUT2D eigenvalue weighted by molar-refractivity contribution is 0.759. The fourth-order valence-corrected chi connectivity index (χ4v) is 2.66. The highest BCUT2D eigenvalue weighted by Crippen LogP contribution is 2.25. The molecule has 0 radical (unpaired) electrons. The summed E-state index contributed by atoms with van der Waals surface area (Å²) in [6, 6.07) is 5.76. The summed E-state index contributed by atoms with van der Waals surface area (Å²) in [6.45, 7) is 2.15. The van der Waals surface area contributed by atoms with E-state index in [1.54, 1.807) is 0 Å². The van der Waals surface area contributed by atoms with Crippen LogP contribution in [0.4, 0.5) is 0 Å². The maximum absolute atomic E-state index is 5.92. The third-order valence-electron chi connectivity index (χ3n) is 1.92. The molecular weight excluding hydrogens is 271 g/mol. The number of halogens is 3. The summed E-state index contributed by atoms with van der Waals surface area (Å²) in [5, 5.41) is 1.24. The number of benzene rings is 1. The molecule has 0 bridgehead atoms. The van der Waals surface area contributed by atoms with Crippen LogP contribution in [0.1, 0.15) is 12.5 Å². The largest absolute Gasteiger partial charge is 0.157 e. The molecule has 0 saturated heterocycles. The highest BCUT2D eigenvalue weighted by Gasteiger charge is 2.02. The third-order valence-corrected chi connectivity index (χ3v) is 4.53. The topological polar surface area (TPSA) is 0 Å². The van der Waals surface area contributed by atoms with E-state index in [0.717, 1.165) is 11.5 Å². The van der Waals surface area contributed by atoms with E-state index >= 15 is 0 Å². The smallest absolute Gasteiger partial charge is 0.0595 e. The number of rotatable bonds is 5. The van der Waals surface area contributed by atoms with E-state index in [2.05, 4.69) is 6.92 Å². The molecule has 1 rings (SSSR count). The molecule has 0 nitrogen and oxygen atoms in total. The Morgan fingerprint density at radius 1 is 1.27 bits per heavy atom. The monoisotopic (exact) mass is 282 g/mol. The second kappa shape index (κ2) is 6.90. The third kappa shape index (κ3) is 4.86. The minimum atomic E-state index is 0.555. The van der Waals surface area contributed by atoms with Crippen molar-refractivity contribution in [3.8, 4) is 0 Å². The summed E-state index contributed by atoms with van der Waals surface area (Å²) in [4.78, 5) is 0. The molecule has 0 heterocycles. The van der Waals surface area contributed by atoms with Gasteiger partial charge >= 0.3 is 0 Å². The molecular formula is C11H13Cl3S. The summed E-state index contributed by atoms with van der Waals surface area (Å²) in [6.07, 6.45) is 0. The number of alkyl halides is 1. The minimum absolute atomic E-state index is 0.555. The Kier molecular flexibility index (Phi) is 6.21. The molecule has 0 fully saturated rings. The SMILES string of the molecule is CC(CCl)CSCc1ccc(Cl)c(Cl)c1. The minimum Gasteiger partial charge on any atom is -0.157 e. The molecule has 0 aliphatic rings. The fourth-order valence-electron chi connectivity index (χ4n) is 1.05. The number of thioether (sulfide) groups is 1. The Labute approximate surface area is 110 Å². The Morgan fingerprint density at radius 2 is 2.00 bits per heavy atom. The van der Waals surface area contributed by atoms with Gasteiger partial charge in [-0.05, 0) is 29.4 Å². The van der Waals surface area contributed by atoms with E-state index < -0.39 is 0 Å². The predicted molar refractivity (Wildman–Crippen MR) is 72.5 cm³/mol. The molecule has 0 N–H and O–H groups in total. The molecule has 0 aliphatic heterocycles. The number of hydrogen-bond acceptors (Lipinski definition) is 1. The first kappa shape index (κ1) is 13.5. The standard InChI is InChI=1S/C11H13Cl3S/c1-8(5-12)6-15-7-9-2-3-10(13)11(14)4-9/h2-4,8H,5-7H2,1H3. The zero-order valence-electron chi connectivity index (χ0n) is 8.47. The normalized spacial score (nSPS) is 12.8. The molecule has 1 atom stereocenters. The average Bonchev–Trinajstić information content (AvgIpc) is 2.23. The van der Waals surface area contributed by atoms with Gasteiger partial charge in [0.1, 0.15) is 0 Å². The van der Waals surface area contributed by atoms with Crippen LogP contribution in [0, 0.1) is 5.92 Å². The van der Waals surface area contributed by atoms with Gasteiger partial charge in [-0.2, -0.15) is 11.8 Å². The highest BCUT2D eigenvalue weighted by molar-refractivity contribution is 7.98. The van der Waals surface area contributed by atoms with Crippen LogP contribution in [0.25, 0.3) is 0 Å². The molecule has 0 spiro atoms. The molecule has 0 aliphatic carbocycles. The average molecular weight is 284 g/mol. The molecule has 0 aromatic heterocycles. The van der Waals surface area contributed by atoms with Crippen molar-refractivity contribution >= 4 is 46.6 Å². The molecule has 4 heteroatoms. The Morgan fingerprint density at radius 3 is 2.60 bits per heavy atom. The zero-order valence-corrected chi connectivity index (χ0v) is 11.6. The lowest BCUT2D eigenvalue weighted by Gasteiger charge is -2.07. The molecule has 15 heavy (non-hydrogen) atoms. The molecule has 84 valence electrons. The lowest BCUT2D eigenvalue weighted by atomic mass is 10.2. The molecule has 0 amide bonds. The van der Waals surface area contributed by atoms with E-state index in [0.29, 0.717) is 21.8 Å².